The Labute approximate surface area is 128 Å². The molecule has 1 atom stereocenters. The van der Waals surface area contributed by atoms with Crippen molar-refractivity contribution in [3.05, 3.63) is 34.7 Å². The molecule has 2 heterocycles. The van der Waals surface area contributed by atoms with Crippen LogP contribution in [0, 0.1) is 19.8 Å². The molecular formula is C16H19N3OS. The van der Waals surface area contributed by atoms with E-state index in [0.29, 0.717) is 5.13 Å². The SMILES string of the molecule is Cc1ccc(-c2csc(NC(=O)C3CCNC3)n2)c(C)c1. The van der Waals surface area contributed by atoms with E-state index in [-0.39, 0.29) is 11.8 Å². The molecule has 1 fully saturated rings. The number of aromatic nitrogens is 1. The monoisotopic (exact) mass is 301 g/mol. The first-order valence-corrected chi connectivity index (χ1v) is 8.06. The van der Waals surface area contributed by atoms with Gasteiger partial charge in [-0.3, -0.25) is 4.79 Å². The Morgan fingerprint density at radius 1 is 1.43 bits per heavy atom. The maximum Gasteiger partial charge on any atom is 0.230 e. The Morgan fingerprint density at radius 3 is 3.00 bits per heavy atom. The van der Waals surface area contributed by atoms with E-state index in [2.05, 4.69) is 47.7 Å². The van der Waals surface area contributed by atoms with Gasteiger partial charge in [-0.25, -0.2) is 4.98 Å². The smallest absolute Gasteiger partial charge is 0.230 e. The van der Waals surface area contributed by atoms with Crippen molar-refractivity contribution >= 4 is 22.4 Å². The molecule has 2 N–H and O–H groups in total. The van der Waals surface area contributed by atoms with Gasteiger partial charge in [-0.05, 0) is 32.4 Å². The topological polar surface area (TPSA) is 54.0 Å². The Hall–Kier alpha value is -1.72. The van der Waals surface area contributed by atoms with E-state index < -0.39 is 0 Å². The average Bonchev–Trinajstić information content (AvgIpc) is 3.09. The Bertz CT molecular complexity index is 659. The van der Waals surface area contributed by atoms with Gasteiger partial charge in [0.25, 0.3) is 0 Å². The van der Waals surface area contributed by atoms with Crippen LogP contribution in [0.5, 0.6) is 0 Å². The van der Waals surface area contributed by atoms with Crippen LogP contribution in [0.15, 0.2) is 23.6 Å². The molecule has 0 aliphatic carbocycles. The molecule has 1 aliphatic heterocycles. The zero-order chi connectivity index (χ0) is 14.8. The number of benzene rings is 1. The lowest BCUT2D eigenvalue weighted by Crippen LogP contribution is -2.24. The molecule has 1 saturated heterocycles. The first-order valence-electron chi connectivity index (χ1n) is 7.18. The molecule has 1 amide bonds. The highest BCUT2D eigenvalue weighted by Gasteiger charge is 2.23. The number of anilines is 1. The molecule has 21 heavy (non-hydrogen) atoms. The van der Waals surface area contributed by atoms with Gasteiger partial charge in [0.2, 0.25) is 5.91 Å². The van der Waals surface area contributed by atoms with E-state index in [9.17, 15) is 4.79 Å². The lowest BCUT2D eigenvalue weighted by Gasteiger charge is -2.07. The van der Waals surface area contributed by atoms with Gasteiger partial charge in [0.15, 0.2) is 5.13 Å². The highest BCUT2D eigenvalue weighted by Crippen LogP contribution is 2.28. The van der Waals surface area contributed by atoms with Crippen LogP contribution in [0.3, 0.4) is 0 Å². The van der Waals surface area contributed by atoms with Gasteiger partial charge >= 0.3 is 0 Å². The fourth-order valence-corrected chi connectivity index (χ4v) is 3.36. The Balaban J connectivity index is 1.75. The number of hydrogen-bond acceptors (Lipinski definition) is 4. The first kappa shape index (κ1) is 14.2. The summed E-state index contributed by atoms with van der Waals surface area (Å²) in [6.07, 6.45) is 0.904. The van der Waals surface area contributed by atoms with Crippen LogP contribution < -0.4 is 10.6 Å². The molecule has 0 bridgehead atoms. The van der Waals surface area contributed by atoms with Crippen LogP contribution in [-0.4, -0.2) is 24.0 Å². The molecule has 1 aromatic carbocycles. The number of aryl methyl sites for hydroxylation is 2. The van der Waals surface area contributed by atoms with Gasteiger partial charge in [0.05, 0.1) is 11.6 Å². The molecule has 0 saturated carbocycles. The standard InChI is InChI=1S/C16H19N3OS/c1-10-3-4-13(11(2)7-10)14-9-21-16(18-14)19-15(20)12-5-6-17-8-12/h3-4,7,9,12,17H,5-6,8H2,1-2H3,(H,18,19,20). The summed E-state index contributed by atoms with van der Waals surface area (Å²) in [4.78, 5) is 16.6. The number of hydrogen-bond donors (Lipinski definition) is 2. The number of carbonyl (C=O) groups excluding carboxylic acids is 1. The number of nitrogens with one attached hydrogen (secondary N) is 2. The summed E-state index contributed by atoms with van der Waals surface area (Å²) in [5, 5.41) is 8.82. The zero-order valence-corrected chi connectivity index (χ0v) is 13.1. The van der Waals surface area contributed by atoms with Crippen molar-refractivity contribution in [1.82, 2.24) is 10.3 Å². The summed E-state index contributed by atoms with van der Waals surface area (Å²) in [7, 11) is 0. The number of thiazole rings is 1. The molecule has 3 rings (SSSR count). The van der Waals surface area contributed by atoms with Gasteiger partial charge < -0.3 is 10.6 Å². The second-order valence-corrected chi connectivity index (χ2v) is 6.39. The van der Waals surface area contributed by atoms with Crippen molar-refractivity contribution in [2.24, 2.45) is 5.92 Å². The molecule has 110 valence electrons. The van der Waals surface area contributed by atoms with Crippen LogP contribution in [-0.2, 0) is 4.79 Å². The van der Waals surface area contributed by atoms with Crippen molar-refractivity contribution in [2.45, 2.75) is 20.3 Å². The molecule has 1 aromatic heterocycles. The lowest BCUT2D eigenvalue weighted by atomic mass is 10.0. The van der Waals surface area contributed by atoms with Gasteiger partial charge in [0.1, 0.15) is 0 Å². The molecule has 0 radical (unpaired) electrons. The predicted molar refractivity (Wildman–Crippen MR) is 86.6 cm³/mol. The van der Waals surface area contributed by atoms with E-state index in [1.54, 1.807) is 0 Å². The van der Waals surface area contributed by atoms with Crippen molar-refractivity contribution in [1.29, 1.82) is 0 Å². The fourth-order valence-electron chi connectivity index (χ4n) is 2.64. The van der Waals surface area contributed by atoms with E-state index >= 15 is 0 Å². The van der Waals surface area contributed by atoms with Crippen LogP contribution in [0.25, 0.3) is 11.3 Å². The van der Waals surface area contributed by atoms with Crippen LogP contribution >= 0.6 is 11.3 Å². The fraction of sp³-hybridized carbons (Fsp3) is 0.375. The highest BCUT2D eigenvalue weighted by atomic mass is 32.1. The molecule has 5 heteroatoms. The van der Waals surface area contributed by atoms with Gasteiger partial charge in [-0.15, -0.1) is 11.3 Å². The third-order valence-corrected chi connectivity index (χ3v) is 4.58. The van der Waals surface area contributed by atoms with Crippen LogP contribution in [0.2, 0.25) is 0 Å². The summed E-state index contributed by atoms with van der Waals surface area (Å²) in [5.41, 5.74) is 4.50. The second-order valence-electron chi connectivity index (χ2n) is 5.54. The Kier molecular flexibility index (Phi) is 4.03. The third kappa shape index (κ3) is 3.14. The molecular weight excluding hydrogens is 282 g/mol. The van der Waals surface area contributed by atoms with Gasteiger partial charge in [-0.2, -0.15) is 0 Å². The normalized spacial score (nSPS) is 17.9. The molecule has 1 aliphatic rings. The third-order valence-electron chi connectivity index (χ3n) is 3.82. The Morgan fingerprint density at radius 2 is 2.29 bits per heavy atom. The maximum atomic E-state index is 12.1. The van der Waals surface area contributed by atoms with Crippen LogP contribution in [0.4, 0.5) is 5.13 Å². The van der Waals surface area contributed by atoms with E-state index in [1.807, 2.05) is 5.38 Å². The largest absolute Gasteiger partial charge is 0.316 e. The number of carbonyl (C=O) groups is 1. The van der Waals surface area contributed by atoms with Gasteiger partial charge in [-0.1, -0.05) is 23.8 Å². The molecule has 0 spiro atoms. The van der Waals surface area contributed by atoms with Gasteiger partial charge in [0, 0.05) is 17.5 Å². The summed E-state index contributed by atoms with van der Waals surface area (Å²) in [6.45, 7) is 5.86. The minimum Gasteiger partial charge on any atom is -0.316 e. The summed E-state index contributed by atoms with van der Waals surface area (Å²) < 4.78 is 0. The molecule has 1 unspecified atom stereocenters. The van der Waals surface area contributed by atoms with E-state index in [1.165, 1.54) is 22.5 Å². The molecule has 4 nitrogen and oxygen atoms in total. The minimum atomic E-state index is 0.0680. The van der Waals surface area contributed by atoms with Crippen molar-refractivity contribution in [3.63, 3.8) is 0 Å². The minimum absolute atomic E-state index is 0.0680. The summed E-state index contributed by atoms with van der Waals surface area (Å²) in [6, 6.07) is 6.33. The lowest BCUT2D eigenvalue weighted by molar-refractivity contribution is -0.119. The maximum absolute atomic E-state index is 12.1. The predicted octanol–water partition coefficient (Wildman–Crippen LogP) is 2.97. The summed E-state index contributed by atoms with van der Waals surface area (Å²) >= 11 is 1.48. The first-order chi connectivity index (χ1) is 10.1. The number of rotatable bonds is 3. The second kappa shape index (κ2) is 5.95. The number of amides is 1. The average molecular weight is 301 g/mol. The van der Waals surface area contributed by atoms with E-state index in [0.717, 1.165) is 30.8 Å². The van der Waals surface area contributed by atoms with E-state index in [4.69, 9.17) is 0 Å². The number of nitrogens with zero attached hydrogens (tertiary/aromatic N) is 1. The van der Waals surface area contributed by atoms with Crippen LogP contribution in [0.1, 0.15) is 17.5 Å². The van der Waals surface area contributed by atoms with Crippen molar-refractivity contribution in [3.8, 4) is 11.3 Å². The zero-order valence-electron chi connectivity index (χ0n) is 12.3. The summed E-state index contributed by atoms with van der Waals surface area (Å²) in [5.74, 6) is 0.139. The molecule has 2 aromatic rings. The highest BCUT2D eigenvalue weighted by molar-refractivity contribution is 7.14. The quantitative estimate of drug-likeness (QED) is 0.916. The van der Waals surface area contributed by atoms with Crippen molar-refractivity contribution < 1.29 is 4.79 Å². The van der Waals surface area contributed by atoms with Crippen molar-refractivity contribution in [2.75, 3.05) is 18.4 Å².